The van der Waals surface area contributed by atoms with Crippen molar-refractivity contribution in [2.24, 2.45) is 5.41 Å². The van der Waals surface area contributed by atoms with Gasteiger partial charge >= 0.3 is 11.9 Å². The van der Waals surface area contributed by atoms with Gasteiger partial charge in [-0.1, -0.05) is 73.4 Å². The Morgan fingerprint density at radius 1 is 0.706 bits per heavy atom. The maximum absolute atomic E-state index is 14.2. The molecule has 1 N–H and O–H groups in total. The van der Waals surface area contributed by atoms with E-state index in [1.807, 2.05) is 0 Å². The average molecular weight is 713 g/mol. The number of phenols is 1. The van der Waals surface area contributed by atoms with Crippen LogP contribution >= 0.6 is 0 Å². The molecule has 0 spiro atoms. The zero-order chi connectivity index (χ0) is 39.2. The van der Waals surface area contributed by atoms with Gasteiger partial charge in [-0.25, -0.2) is 0 Å². The minimum Gasteiger partial charge on any atom is -0.507 e. The second-order valence-electron chi connectivity index (χ2n) is 21.1. The van der Waals surface area contributed by atoms with Gasteiger partial charge in [0, 0.05) is 47.8 Å². The van der Waals surface area contributed by atoms with E-state index in [0.717, 1.165) is 55.2 Å². The van der Waals surface area contributed by atoms with Crippen molar-refractivity contribution in [3.8, 4) is 5.75 Å². The number of esters is 2. The van der Waals surface area contributed by atoms with Crippen LogP contribution in [-0.2, 0) is 36.3 Å². The van der Waals surface area contributed by atoms with Crippen molar-refractivity contribution in [1.29, 1.82) is 0 Å². The first-order valence-electron chi connectivity index (χ1n) is 19.7. The van der Waals surface area contributed by atoms with Gasteiger partial charge in [-0.05, 0) is 115 Å². The van der Waals surface area contributed by atoms with E-state index < -0.39 is 5.41 Å². The van der Waals surface area contributed by atoms with Gasteiger partial charge in [0.05, 0.1) is 12.8 Å². The molecule has 0 radical (unpaired) electrons. The molecule has 1 aromatic carbocycles. The Kier molecular flexibility index (Phi) is 12.7. The maximum Gasteiger partial charge on any atom is 0.306 e. The molecule has 7 nitrogen and oxygen atoms in total. The van der Waals surface area contributed by atoms with E-state index in [1.165, 1.54) is 0 Å². The lowest BCUT2D eigenvalue weighted by Crippen LogP contribution is -2.60. The van der Waals surface area contributed by atoms with Gasteiger partial charge in [0.2, 0.25) is 0 Å². The molecule has 0 bridgehead atoms. The Hall–Kier alpha value is -2.12. The van der Waals surface area contributed by atoms with Gasteiger partial charge in [0.1, 0.15) is 18.0 Å². The van der Waals surface area contributed by atoms with Gasteiger partial charge in [-0.15, -0.1) is 0 Å². The van der Waals surface area contributed by atoms with E-state index >= 15 is 0 Å². The number of phenolic OH excluding ortho intramolecular Hbond substituents is 1. The normalized spacial score (nSPS) is 21.7. The van der Waals surface area contributed by atoms with Crippen LogP contribution in [0.2, 0.25) is 0 Å². The minimum atomic E-state index is -0.710. The fourth-order valence-corrected chi connectivity index (χ4v) is 9.17. The van der Waals surface area contributed by atoms with Gasteiger partial charge in [0.25, 0.3) is 0 Å². The van der Waals surface area contributed by atoms with Gasteiger partial charge < -0.3 is 14.6 Å². The molecule has 51 heavy (non-hydrogen) atoms. The third kappa shape index (κ3) is 10.5. The van der Waals surface area contributed by atoms with E-state index in [2.05, 4.69) is 140 Å². The molecule has 292 valence electrons. The molecule has 0 saturated carbocycles. The number of benzene rings is 1. The molecule has 0 amide bonds. The Bertz CT molecular complexity index is 1260. The predicted octanol–water partition coefficient (Wildman–Crippen LogP) is 9.88. The summed E-state index contributed by atoms with van der Waals surface area (Å²) in [5.74, 6) is -0.156. The highest BCUT2D eigenvalue weighted by molar-refractivity contribution is 5.75. The first-order chi connectivity index (χ1) is 22.9. The highest BCUT2D eigenvalue weighted by atomic mass is 16.5. The van der Waals surface area contributed by atoms with Gasteiger partial charge in [0.15, 0.2) is 0 Å². The van der Waals surface area contributed by atoms with Crippen LogP contribution in [-0.4, -0.2) is 75.3 Å². The van der Waals surface area contributed by atoms with Crippen LogP contribution < -0.4 is 0 Å². The second kappa shape index (κ2) is 15.0. The summed E-state index contributed by atoms with van der Waals surface area (Å²) in [6.07, 6.45) is 5.91. The number of aromatic hydroxyl groups is 1. The quantitative estimate of drug-likeness (QED) is 0.229. The molecular weight excluding hydrogens is 636 g/mol. The summed E-state index contributed by atoms with van der Waals surface area (Å²) in [6, 6.07) is 4.21. The van der Waals surface area contributed by atoms with Crippen molar-refractivity contribution >= 4 is 11.9 Å². The van der Waals surface area contributed by atoms with Gasteiger partial charge in [-0.3, -0.25) is 19.4 Å². The molecule has 3 rings (SSSR count). The minimum absolute atomic E-state index is 0.121. The van der Waals surface area contributed by atoms with Crippen LogP contribution in [0.4, 0.5) is 0 Å². The van der Waals surface area contributed by atoms with Crippen LogP contribution in [0, 0.1) is 5.41 Å². The number of carbonyl (C=O) groups is 2. The topological polar surface area (TPSA) is 79.3 Å². The lowest BCUT2D eigenvalue weighted by Gasteiger charge is -2.53. The van der Waals surface area contributed by atoms with Crippen LogP contribution in [0.5, 0.6) is 5.75 Å². The summed E-state index contributed by atoms with van der Waals surface area (Å²) in [5, 5.41) is 11.5. The van der Waals surface area contributed by atoms with Crippen molar-refractivity contribution in [1.82, 2.24) is 9.80 Å². The monoisotopic (exact) mass is 713 g/mol. The molecule has 2 heterocycles. The summed E-state index contributed by atoms with van der Waals surface area (Å²) < 4.78 is 12.8. The van der Waals surface area contributed by atoms with Crippen molar-refractivity contribution in [3.63, 3.8) is 0 Å². The van der Waals surface area contributed by atoms with Crippen LogP contribution in [0.3, 0.4) is 0 Å². The fraction of sp³-hybridized carbons (Fsp3) is 0.818. The number of unbranched alkanes of at least 4 members (excludes halogenated alkanes) is 1. The van der Waals surface area contributed by atoms with Crippen molar-refractivity contribution in [2.75, 3.05) is 14.1 Å². The lowest BCUT2D eigenvalue weighted by molar-refractivity contribution is -0.165. The third-order valence-corrected chi connectivity index (χ3v) is 12.6. The van der Waals surface area contributed by atoms with Crippen LogP contribution in [0.25, 0.3) is 0 Å². The molecule has 2 aliphatic rings. The Morgan fingerprint density at radius 2 is 1.04 bits per heavy atom. The summed E-state index contributed by atoms with van der Waals surface area (Å²) >= 11 is 0. The molecule has 1 aromatic rings. The SMILES string of the molecule is CCCCC(CC(=O)OC1CC(C)(C)N(C)C(C)(C)C1)(CC(=O)OC1CC(C)(C)N(C)C(C)(C)C1)Cc1cc(C(C)(C)C)c(O)c(C(C)(C)C)c1. The molecule has 0 aliphatic carbocycles. The number of ether oxygens (including phenoxy) is 2. The first-order valence-corrected chi connectivity index (χ1v) is 19.7. The smallest absolute Gasteiger partial charge is 0.306 e. The fourth-order valence-electron chi connectivity index (χ4n) is 9.17. The number of nitrogens with zero attached hydrogens (tertiary/aromatic N) is 2. The second-order valence-corrected chi connectivity index (χ2v) is 21.1. The zero-order valence-corrected chi connectivity index (χ0v) is 35.9. The summed E-state index contributed by atoms with van der Waals surface area (Å²) in [7, 11) is 4.31. The van der Waals surface area contributed by atoms with Crippen molar-refractivity contribution in [2.45, 2.75) is 213 Å². The number of likely N-dealkylation sites (tertiary alicyclic amines) is 2. The Morgan fingerprint density at radius 3 is 1.33 bits per heavy atom. The van der Waals surface area contributed by atoms with Crippen molar-refractivity contribution < 1.29 is 24.2 Å². The predicted molar refractivity (Wildman–Crippen MR) is 210 cm³/mol. The summed E-state index contributed by atoms with van der Waals surface area (Å²) in [4.78, 5) is 33.3. The van der Waals surface area contributed by atoms with Crippen LogP contribution in [0.1, 0.15) is 178 Å². The highest BCUT2D eigenvalue weighted by Crippen LogP contribution is 2.45. The van der Waals surface area contributed by atoms with Crippen LogP contribution in [0.15, 0.2) is 12.1 Å². The standard InChI is InChI=1S/C44H76N2O5/c1-18-19-20-44(28-35(47)50-31-24-40(8,9)45(16)41(10,11)25-31,29-36(48)51-32-26-42(12,13)46(17)43(14,15)27-32)23-30-21-33(38(2,3)4)37(49)34(22-30)39(5,6)7/h21-22,31-32,49H,18-20,23-29H2,1-17H3. The molecule has 2 fully saturated rings. The molecule has 0 unspecified atom stereocenters. The van der Waals surface area contributed by atoms with E-state index in [-0.39, 0.29) is 70.0 Å². The highest BCUT2D eigenvalue weighted by Gasteiger charge is 2.47. The molecule has 2 saturated heterocycles. The summed E-state index contributed by atoms with van der Waals surface area (Å²) in [5.41, 5.74) is 0.998. The number of carbonyl (C=O) groups excluding carboxylic acids is 2. The van der Waals surface area contributed by atoms with E-state index in [0.29, 0.717) is 18.6 Å². The number of piperidine rings is 2. The maximum atomic E-state index is 14.2. The lowest BCUT2D eigenvalue weighted by atomic mass is 9.70. The van der Waals surface area contributed by atoms with Gasteiger partial charge in [-0.2, -0.15) is 0 Å². The average Bonchev–Trinajstić information content (AvgIpc) is 2.92. The molecule has 0 atom stereocenters. The number of rotatable bonds is 11. The van der Waals surface area contributed by atoms with Crippen molar-refractivity contribution in [3.05, 3.63) is 28.8 Å². The van der Waals surface area contributed by atoms with E-state index in [1.54, 1.807) is 0 Å². The largest absolute Gasteiger partial charge is 0.507 e. The zero-order valence-electron chi connectivity index (χ0n) is 35.9. The summed E-state index contributed by atoms with van der Waals surface area (Å²) in [6.45, 7) is 32.6. The third-order valence-electron chi connectivity index (χ3n) is 12.6. The Labute approximate surface area is 312 Å². The molecule has 0 aromatic heterocycles. The van der Waals surface area contributed by atoms with E-state index in [9.17, 15) is 14.7 Å². The molecule has 2 aliphatic heterocycles. The molecular formula is C44H76N2O5. The first kappa shape index (κ1) is 43.3. The Balaban J connectivity index is 2.07. The molecule has 7 heteroatoms. The number of hydrogen-bond acceptors (Lipinski definition) is 7. The van der Waals surface area contributed by atoms with E-state index in [4.69, 9.17) is 9.47 Å². The number of hydrogen-bond donors (Lipinski definition) is 1.